The van der Waals surface area contributed by atoms with E-state index >= 15 is 0 Å². The summed E-state index contributed by atoms with van der Waals surface area (Å²) in [6.07, 6.45) is 2.58. The van der Waals surface area contributed by atoms with Crippen LogP contribution in [0.4, 0.5) is 5.69 Å². The molecule has 0 saturated heterocycles. The summed E-state index contributed by atoms with van der Waals surface area (Å²) < 4.78 is 5.70. The summed E-state index contributed by atoms with van der Waals surface area (Å²) in [5.41, 5.74) is 3.02. The Labute approximate surface area is 196 Å². The fraction of sp³-hybridized carbons (Fsp3) is 0.304. The van der Waals surface area contributed by atoms with E-state index in [-0.39, 0.29) is 29.9 Å². The summed E-state index contributed by atoms with van der Waals surface area (Å²) in [5.74, 6) is 1.52. The third kappa shape index (κ3) is 9.30. The molecule has 2 aromatic carbocycles. The minimum absolute atomic E-state index is 0. The van der Waals surface area contributed by atoms with Gasteiger partial charge in [-0.05, 0) is 37.1 Å². The minimum atomic E-state index is -0.0672. The SMILES string of the molecule is C=CCOc1ccccc1CN=C(NCC)NCCc1ccc(NC(C)=O)cc1.I. The van der Waals surface area contributed by atoms with Gasteiger partial charge in [0.25, 0.3) is 0 Å². The van der Waals surface area contributed by atoms with Crippen LogP contribution in [-0.2, 0) is 17.8 Å². The van der Waals surface area contributed by atoms with Crippen LogP contribution in [0.1, 0.15) is 25.0 Å². The van der Waals surface area contributed by atoms with Gasteiger partial charge in [-0.25, -0.2) is 4.99 Å². The third-order valence-corrected chi connectivity index (χ3v) is 4.06. The largest absolute Gasteiger partial charge is 0.489 e. The Balaban J connectivity index is 0.00000450. The number of rotatable bonds is 10. The topological polar surface area (TPSA) is 74.8 Å². The molecule has 0 heterocycles. The first-order chi connectivity index (χ1) is 14.1. The average Bonchev–Trinajstić information content (AvgIpc) is 2.72. The van der Waals surface area contributed by atoms with Crippen LogP contribution in [0.25, 0.3) is 0 Å². The molecule has 6 nitrogen and oxygen atoms in total. The molecule has 0 unspecified atom stereocenters. The van der Waals surface area contributed by atoms with Gasteiger partial charge in [0.2, 0.25) is 5.91 Å². The number of para-hydroxylation sites is 1. The highest BCUT2D eigenvalue weighted by molar-refractivity contribution is 14.0. The van der Waals surface area contributed by atoms with E-state index in [1.54, 1.807) is 6.08 Å². The molecule has 0 saturated carbocycles. The Kier molecular flexibility index (Phi) is 12.3. The molecule has 0 aliphatic carbocycles. The van der Waals surface area contributed by atoms with E-state index < -0.39 is 0 Å². The van der Waals surface area contributed by atoms with Crippen molar-refractivity contribution in [1.82, 2.24) is 10.6 Å². The zero-order valence-corrected chi connectivity index (χ0v) is 19.9. The van der Waals surface area contributed by atoms with Gasteiger partial charge >= 0.3 is 0 Å². The van der Waals surface area contributed by atoms with Crippen LogP contribution in [0.5, 0.6) is 5.75 Å². The van der Waals surface area contributed by atoms with Gasteiger partial charge in [0.1, 0.15) is 12.4 Å². The molecule has 0 aromatic heterocycles. The van der Waals surface area contributed by atoms with Gasteiger partial charge < -0.3 is 20.7 Å². The number of aliphatic imine (C=N–C) groups is 1. The monoisotopic (exact) mass is 522 g/mol. The quantitative estimate of drug-likeness (QED) is 0.190. The number of hydrogen-bond acceptors (Lipinski definition) is 3. The van der Waals surface area contributed by atoms with Crippen LogP contribution >= 0.6 is 24.0 Å². The van der Waals surface area contributed by atoms with Crippen LogP contribution in [-0.4, -0.2) is 31.6 Å². The van der Waals surface area contributed by atoms with Crippen LogP contribution in [0.2, 0.25) is 0 Å². The molecule has 30 heavy (non-hydrogen) atoms. The lowest BCUT2D eigenvalue weighted by atomic mass is 10.1. The molecule has 0 bridgehead atoms. The molecule has 2 rings (SSSR count). The third-order valence-electron chi connectivity index (χ3n) is 4.06. The van der Waals surface area contributed by atoms with Crippen LogP contribution < -0.4 is 20.7 Å². The molecule has 1 amide bonds. The molecule has 0 atom stereocenters. The van der Waals surface area contributed by atoms with Crippen molar-refractivity contribution in [3.63, 3.8) is 0 Å². The van der Waals surface area contributed by atoms with Gasteiger partial charge in [-0.1, -0.05) is 43.0 Å². The van der Waals surface area contributed by atoms with Crippen LogP contribution in [0, 0.1) is 0 Å². The summed E-state index contributed by atoms with van der Waals surface area (Å²) in [6, 6.07) is 15.8. The summed E-state index contributed by atoms with van der Waals surface area (Å²) >= 11 is 0. The van der Waals surface area contributed by atoms with E-state index in [1.165, 1.54) is 12.5 Å². The van der Waals surface area contributed by atoms with Crippen molar-refractivity contribution in [3.05, 3.63) is 72.3 Å². The number of carbonyl (C=O) groups excluding carboxylic acids is 1. The first kappa shape index (κ1) is 25.5. The Morgan fingerprint density at radius 2 is 1.87 bits per heavy atom. The number of halogens is 1. The highest BCUT2D eigenvalue weighted by Crippen LogP contribution is 2.18. The maximum atomic E-state index is 11.1. The smallest absolute Gasteiger partial charge is 0.221 e. The van der Waals surface area contributed by atoms with Gasteiger partial charge in [-0.15, -0.1) is 24.0 Å². The van der Waals surface area contributed by atoms with Crippen molar-refractivity contribution in [1.29, 1.82) is 0 Å². The maximum Gasteiger partial charge on any atom is 0.221 e. The number of carbonyl (C=O) groups is 1. The molecule has 3 N–H and O–H groups in total. The highest BCUT2D eigenvalue weighted by atomic mass is 127. The van der Waals surface area contributed by atoms with Crippen molar-refractivity contribution >= 4 is 41.5 Å². The van der Waals surface area contributed by atoms with E-state index in [9.17, 15) is 4.79 Å². The lowest BCUT2D eigenvalue weighted by Crippen LogP contribution is -2.38. The molecule has 7 heteroatoms. The molecule has 0 radical (unpaired) electrons. The predicted octanol–water partition coefficient (Wildman–Crippen LogP) is 4.13. The van der Waals surface area contributed by atoms with Gasteiger partial charge in [0, 0.05) is 31.3 Å². The van der Waals surface area contributed by atoms with E-state index in [0.29, 0.717) is 13.2 Å². The molecule has 0 aliphatic rings. The van der Waals surface area contributed by atoms with E-state index in [0.717, 1.165) is 42.5 Å². The van der Waals surface area contributed by atoms with Crippen LogP contribution in [0.15, 0.2) is 66.2 Å². The van der Waals surface area contributed by atoms with Gasteiger partial charge in [-0.2, -0.15) is 0 Å². The first-order valence-electron chi connectivity index (χ1n) is 9.82. The zero-order valence-electron chi connectivity index (χ0n) is 17.6. The lowest BCUT2D eigenvalue weighted by Gasteiger charge is -2.13. The van der Waals surface area contributed by atoms with E-state index in [1.807, 2.05) is 55.5 Å². The van der Waals surface area contributed by atoms with Crippen molar-refractivity contribution in [2.75, 3.05) is 25.0 Å². The summed E-state index contributed by atoms with van der Waals surface area (Å²) in [7, 11) is 0. The summed E-state index contributed by atoms with van der Waals surface area (Å²) in [6.45, 7) is 9.76. The predicted molar refractivity (Wildman–Crippen MR) is 135 cm³/mol. The second kappa shape index (κ2) is 14.4. The molecule has 0 fully saturated rings. The van der Waals surface area contributed by atoms with Gasteiger partial charge in [-0.3, -0.25) is 4.79 Å². The van der Waals surface area contributed by atoms with E-state index in [2.05, 4.69) is 27.5 Å². The number of anilines is 1. The van der Waals surface area contributed by atoms with Gasteiger partial charge in [0.05, 0.1) is 6.54 Å². The fourth-order valence-corrected chi connectivity index (χ4v) is 2.71. The number of ether oxygens (including phenoxy) is 1. The molecule has 0 spiro atoms. The Bertz CT molecular complexity index is 822. The summed E-state index contributed by atoms with van der Waals surface area (Å²) in [4.78, 5) is 15.8. The second-order valence-electron chi connectivity index (χ2n) is 6.46. The molecular weight excluding hydrogens is 491 g/mol. The number of benzene rings is 2. The Hall–Kier alpha value is -2.55. The number of guanidine groups is 1. The van der Waals surface area contributed by atoms with Crippen molar-refractivity contribution in [3.8, 4) is 5.75 Å². The Morgan fingerprint density at radius 1 is 1.13 bits per heavy atom. The van der Waals surface area contributed by atoms with Crippen molar-refractivity contribution < 1.29 is 9.53 Å². The Morgan fingerprint density at radius 3 is 2.53 bits per heavy atom. The highest BCUT2D eigenvalue weighted by Gasteiger charge is 2.04. The standard InChI is InChI=1S/C23H30N4O2.HI/c1-4-16-29-22-9-7-6-8-20(22)17-26-23(24-5-2)25-15-14-19-10-12-21(13-11-19)27-18(3)28;/h4,6-13H,1,5,14-17H2,2-3H3,(H,27,28)(H2,24,25,26);1H. The van der Waals surface area contributed by atoms with E-state index in [4.69, 9.17) is 4.74 Å². The molecular formula is C23H31IN4O2. The second-order valence-corrected chi connectivity index (χ2v) is 6.46. The zero-order chi connectivity index (χ0) is 20.9. The van der Waals surface area contributed by atoms with Crippen molar-refractivity contribution in [2.24, 2.45) is 4.99 Å². The average molecular weight is 522 g/mol. The molecule has 2 aromatic rings. The first-order valence-corrected chi connectivity index (χ1v) is 9.82. The minimum Gasteiger partial charge on any atom is -0.489 e. The van der Waals surface area contributed by atoms with Gasteiger partial charge in [0.15, 0.2) is 5.96 Å². The molecule has 162 valence electrons. The number of amides is 1. The fourth-order valence-electron chi connectivity index (χ4n) is 2.71. The summed E-state index contributed by atoms with van der Waals surface area (Å²) in [5, 5.41) is 9.40. The lowest BCUT2D eigenvalue weighted by molar-refractivity contribution is -0.114. The maximum absolute atomic E-state index is 11.1. The molecule has 0 aliphatic heterocycles. The number of hydrogen-bond donors (Lipinski definition) is 3. The number of nitrogens with one attached hydrogen (secondary N) is 3. The normalized spacial score (nSPS) is 10.5. The van der Waals surface area contributed by atoms with Crippen LogP contribution in [0.3, 0.4) is 0 Å². The number of nitrogens with zero attached hydrogens (tertiary/aromatic N) is 1. The van der Waals surface area contributed by atoms with Crippen molar-refractivity contribution in [2.45, 2.75) is 26.8 Å².